The van der Waals surface area contributed by atoms with Crippen LogP contribution in [0, 0.1) is 10.1 Å². The Hall–Kier alpha value is -4.24. The fourth-order valence-corrected chi connectivity index (χ4v) is 5.96. The van der Waals surface area contributed by atoms with Crippen molar-refractivity contribution in [3.05, 3.63) is 112 Å². The molecule has 1 saturated heterocycles. The predicted octanol–water partition coefficient (Wildman–Crippen LogP) is 5.51. The van der Waals surface area contributed by atoms with Gasteiger partial charge in [-0.15, -0.1) is 0 Å². The number of nitrogens with zero attached hydrogens (tertiary/aromatic N) is 3. The van der Waals surface area contributed by atoms with Crippen LogP contribution in [-0.2, 0) is 27.9 Å². The molecule has 0 bridgehead atoms. The van der Waals surface area contributed by atoms with Gasteiger partial charge < -0.3 is 14.5 Å². The van der Waals surface area contributed by atoms with Gasteiger partial charge in [-0.05, 0) is 34.5 Å². The fourth-order valence-electron chi connectivity index (χ4n) is 4.63. The molecule has 8 nitrogen and oxygen atoms in total. The van der Waals surface area contributed by atoms with E-state index in [1.807, 2.05) is 72.8 Å². The van der Waals surface area contributed by atoms with Crippen LogP contribution in [0.1, 0.15) is 11.1 Å². The smallest absolute Gasteiger partial charge is 0.410 e. The van der Waals surface area contributed by atoms with Crippen molar-refractivity contribution in [3.63, 3.8) is 0 Å². The molecule has 1 atom stereocenters. The summed E-state index contributed by atoms with van der Waals surface area (Å²) >= 11 is 0. The molecule has 1 aliphatic heterocycles. The number of piperazine rings is 1. The van der Waals surface area contributed by atoms with Gasteiger partial charge in [-0.3, -0.25) is 14.3 Å². The molecule has 0 saturated carbocycles. The van der Waals surface area contributed by atoms with Crippen molar-refractivity contribution in [1.29, 1.82) is 0 Å². The van der Waals surface area contributed by atoms with Crippen LogP contribution < -0.4 is 4.90 Å². The van der Waals surface area contributed by atoms with E-state index in [-0.39, 0.29) is 24.1 Å². The molecule has 1 unspecified atom stereocenters. The quantitative estimate of drug-likeness (QED) is 0.231. The number of ether oxygens (including phenoxy) is 1. The summed E-state index contributed by atoms with van der Waals surface area (Å²) in [7, 11) is -1.47. The second-order valence-corrected chi connectivity index (χ2v) is 10.5. The van der Waals surface area contributed by atoms with Gasteiger partial charge in [-0.25, -0.2) is 4.79 Å². The van der Waals surface area contributed by atoms with Crippen LogP contribution in [-0.4, -0.2) is 46.3 Å². The maximum atomic E-state index is 13.4. The van der Waals surface area contributed by atoms with Crippen molar-refractivity contribution in [2.75, 3.05) is 31.1 Å². The third-order valence-electron chi connectivity index (χ3n) is 6.65. The Kier molecular flexibility index (Phi) is 7.65. The van der Waals surface area contributed by atoms with Crippen LogP contribution in [0.25, 0.3) is 10.8 Å². The summed E-state index contributed by atoms with van der Waals surface area (Å²) in [5, 5.41) is 13.6. The number of carbonyl (C=O) groups is 1. The van der Waals surface area contributed by atoms with Gasteiger partial charge in [-0.1, -0.05) is 66.7 Å². The van der Waals surface area contributed by atoms with E-state index in [0.29, 0.717) is 36.6 Å². The van der Waals surface area contributed by atoms with Crippen molar-refractivity contribution in [2.45, 2.75) is 17.3 Å². The summed E-state index contributed by atoms with van der Waals surface area (Å²) in [5.41, 5.74) is 2.10. The Labute approximate surface area is 223 Å². The summed E-state index contributed by atoms with van der Waals surface area (Å²) in [6.07, 6.45) is -0.358. The van der Waals surface area contributed by atoms with E-state index in [2.05, 4.69) is 4.90 Å². The molecule has 0 radical (unpaired) electrons. The number of amides is 1. The average molecular weight is 530 g/mol. The van der Waals surface area contributed by atoms with E-state index in [9.17, 15) is 19.1 Å². The van der Waals surface area contributed by atoms with Crippen molar-refractivity contribution in [3.8, 4) is 0 Å². The van der Waals surface area contributed by atoms with E-state index in [1.54, 1.807) is 17.0 Å². The number of hydrogen-bond acceptors (Lipinski definition) is 6. The van der Waals surface area contributed by atoms with Crippen molar-refractivity contribution in [1.82, 2.24) is 4.90 Å². The Morgan fingerprint density at radius 1 is 0.895 bits per heavy atom. The Balaban J connectivity index is 1.27. The van der Waals surface area contributed by atoms with Crippen LogP contribution in [0.5, 0.6) is 0 Å². The average Bonchev–Trinajstić information content (AvgIpc) is 2.96. The van der Waals surface area contributed by atoms with E-state index >= 15 is 0 Å². The zero-order valence-corrected chi connectivity index (χ0v) is 21.5. The third kappa shape index (κ3) is 5.68. The molecule has 0 aromatic heterocycles. The first-order valence-electron chi connectivity index (χ1n) is 12.3. The topological polar surface area (TPSA) is 93.0 Å². The molecule has 1 fully saturated rings. The van der Waals surface area contributed by atoms with Crippen molar-refractivity contribution in [2.24, 2.45) is 0 Å². The van der Waals surface area contributed by atoms with Crippen LogP contribution in [0.15, 0.2) is 95.9 Å². The van der Waals surface area contributed by atoms with Gasteiger partial charge in [-0.2, -0.15) is 0 Å². The first kappa shape index (κ1) is 25.4. The molecule has 1 amide bonds. The van der Waals surface area contributed by atoms with Gasteiger partial charge >= 0.3 is 6.09 Å². The molecule has 0 spiro atoms. The molecule has 9 heteroatoms. The molecule has 194 valence electrons. The molecule has 0 N–H and O–H groups in total. The van der Waals surface area contributed by atoms with Gasteiger partial charge in [0, 0.05) is 48.4 Å². The maximum absolute atomic E-state index is 13.4. The van der Waals surface area contributed by atoms with Crippen molar-refractivity contribution < 1.29 is 18.7 Å². The van der Waals surface area contributed by atoms with E-state index in [4.69, 9.17) is 4.74 Å². The SMILES string of the molecule is O=C(OCc1ccccc1)N1CCN(c2ccc([N+](=O)[O-])c(CS(=O)c3cccc4ccccc34)c2)CC1. The lowest BCUT2D eigenvalue weighted by Crippen LogP contribution is -2.49. The summed E-state index contributed by atoms with van der Waals surface area (Å²) in [5.74, 6) is 0.0317. The molecule has 38 heavy (non-hydrogen) atoms. The van der Waals surface area contributed by atoms with E-state index < -0.39 is 15.7 Å². The van der Waals surface area contributed by atoms with Crippen LogP contribution in [0.2, 0.25) is 0 Å². The van der Waals surface area contributed by atoms with Gasteiger partial charge in [0.25, 0.3) is 5.69 Å². The summed E-state index contributed by atoms with van der Waals surface area (Å²) in [6.45, 7) is 2.29. The highest BCUT2D eigenvalue weighted by Gasteiger charge is 2.25. The predicted molar refractivity (Wildman–Crippen MR) is 148 cm³/mol. The highest BCUT2D eigenvalue weighted by molar-refractivity contribution is 7.84. The number of fused-ring (bicyclic) bond motifs is 1. The zero-order chi connectivity index (χ0) is 26.5. The van der Waals surface area contributed by atoms with Crippen LogP contribution in [0.3, 0.4) is 0 Å². The molecule has 5 rings (SSSR count). The number of nitro benzene ring substituents is 1. The van der Waals surface area contributed by atoms with Gasteiger partial charge in [0.15, 0.2) is 0 Å². The fraction of sp³-hybridized carbons (Fsp3) is 0.207. The van der Waals surface area contributed by atoms with Gasteiger partial charge in [0.05, 0.1) is 21.5 Å². The minimum absolute atomic E-state index is 0.0317. The summed E-state index contributed by atoms with van der Waals surface area (Å²) in [6, 6.07) is 27.8. The second-order valence-electron chi connectivity index (χ2n) is 9.05. The molecule has 1 heterocycles. The number of nitro groups is 1. The number of anilines is 1. The second kappa shape index (κ2) is 11.4. The normalized spacial score (nSPS) is 14.3. The number of hydrogen-bond donors (Lipinski definition) is 0. The minimum atomic E-state index is -1.47. The molecular formula is C29H27N3O5S. The Morgan fingerprint density at radius 3 is 2.37 bits per heavy atom. The van der Waals surface area contributed by atoms with Gasteiger partial charge in [0.2, 0.25) is 0 Å². The maximum Gasteiger partial charge on any atom is 0.410 e. The highest BCUT2D eigenvalue weighted by Crippen LogP contribution is 2.30. The summed E-state index contributed by atoms with van der Waals surface area (Å²) in [4.78, 5) is 28.2. The standard InChI is InChI=1S/C29H27N3O5S/c33-29(37-20-22-7-2-1-3-8-22)31-17-15-30(16-18-31)25-13-14-27(32(34)35)24(19-25)21-38(36)28-12-6-10-23-9-4-5-11-26(23)28/h1-14,19H,15-18,20-21H2. The van der Waals surface area contributed by atoms with Gasteiger partial charge in [0.1, 0.15) is 6.61 Å². The minimum Gasteiger partial charge on any atom is -0.445 e. The van der Waals surface area contributed by atoms with Crippen molar-refractivity contribution >= 4 is 39.0 Å². The number of benzene rings is 4. The lowest BCUT2D eigenvalue weighted by atomic mass is 10.1. The molecule has 0 aliphatic carbocycles. The Morgan fingerprint density at radius 2 is 1.61 bits per heavy atom. The summed E-state index contributed by atoms with van der Waals surface area (Å²) < 4.78 is 18.8. The zero-order valence-electron chi connectivity index (χ0n) is 20.7. The molecule has 1 aliphatic rings. The number of carbonyl (C=O) groups excluding carboxylic acids is 1. The lowest BCUT2D eigenvalue weighted by Gasteiger charge is -2.35. The first-order valence-corrected chi connectivity index (χ1v) is 13.7. The molecule has 4 aromatic carbocycles. The highest BCUT2D eigenvalue weighted by atomic mass is 32.2. The molecule has 4 aromatic rings. The van der Waals surface area contributed by atoms with Crippen LogP contribution in [0.4, 0.5) is 16.2 Å². The lowest BCUT2D eigenvalue weighted by molar-refractivity contribution is -0.385. The van der Waals surface area contributed by atoms with E-state index in [0.717, 1.165) is 22.0 Å². The van der Waals surface area contributed by atoms with E-state index in [1.165, 1.54) is 6.07 Å². The largest absolute Gasteiger partial charge is 0.445 e. The molecular weight excluding hydrogens is 502 g/mol. The Bertz CT molecular complexity index is 1480. The number of rotatable bonds is 7. The monoisotopic (exact) mass is 529 g/mol. The van der Waals surface area contributed by atoms with Crippen LogP contribution >= 0.6 is 0 Å². The third-order valence-corrected chi connectivity index (χ3v) is 8.07. The first-order chi connectivity index (χ1) is 18.5.